The van der Waals surface area contributed by atoms with Crippen LogP contribution < -0.4 is 5.32 Å². The van der Waals surface area contributed by atoms with Crippen molar-refractivity contribution in [2.24, 2.45) is 29.1 Å². The number of amides is 2. The molecule has 0 saturated heterocycles. The van der Waals surface area contributed by atoms with Crippen molar-refractivity contribution >= 4 is 22.7 Å². The number of rotatable bonds is 8. The highest BCUT2D eigenvalue weighted by Gasteiger charge is 2.60. The number of aryl methyl sites for hydroxylation is 1. The molecule has 1 heterocycles. The Balaban J connectivity index is 1.09. The summed E-state index contributed by atoms with van der Waals surface area (Å²) in [5, 5.41) is 4.77. The Kier molecular flexibility index (Phi) is 6.14. The summed E-state index contributed by atoms with van der Waals surface area (Å²) in [5.41, 5.74) is 4.78. The topological polar surface area (TPSA) is 65.2 Å². The molecule has 0 unspecified atom stereocenters. The lowest BCUT2D eigenvalue weighted by Gasteiger charge is -2.57. The van der Waals surface area contributed by atoms with Crippen LogP contribution in [0.5, 0.6) is 0 Å². The van der Waals surface area contributed by atoms with Crippen molar-refractivity contribution in [2.75, 3.05) is 6.54 Å². The third-order valence-electron chi connectivity index (χ3n) is 11.0. The molecule has 2 N–H and O–H groups in total. The van der Waals surface area contributed by atoms with E-state index in [1.807, 2.05) is 23.1 Å². The van der Waals surface area contributed by atoms with Crippen LogP contribution in [0.3, 0.4) is 0 Å². The van der Waals surface area contributed by atoms with Crippen molar-refractivity contribution in [3.05, 3.63) is 71.4 Å². The number of aromatic amines is 1. The smallest absolute Gasteiger partial charge is 0.240 e. The van der Waals surface area contributed by atoms with Crippen LogP contribution in [0.15, 0.2) is 54.6 Å². The summed E-state index contributed by atoms with van der Waals surface area (Å²) in [6, 6.07) is 18.6. The number of nitrogens with one attached hydrogen (secondary N) is 2. The molecule has 0 radical (unpaired) electrons. The van der Waals surface area contributed by atoms with Gasteiger partial charge in [-0.25, -0.2) is 0 Å². The van der Waals surface area contributed by atoms with Crippen LogP contribution in [0.25, 0.3) is 10.9 Å². The number of fused-ring (bicyclic) bond motifs is 1. The first-order chi connectivity index (χ1) is 19.2. The van der Waals surface area contributed by atoms with E-state index in [1.165, 1.54) is 35.9 Å². The van der Waals surface area contributed by atoms with Gasteiger partial charge in [0.15, 0.2) is 0 Å². The maximum absolute atomic E-state index is 14.0. The second-order valence-corrected chi connectivity index (χ2v) is 14.3. The van der Waals surface area contributed by atoms with E-state index in [-0.39, 0.29) is 35.2 Å². The number of nitrogens with zero attached hydrogens (tertiary/aromatic N) is 1. The van der Waals surface area contributed by atoms with Gasteiger partial charge in [-0.2, -0.15) is 0 Å². The Morgan fingerprint density at radius 3 is 2.23 bits per heavy atom. The lowest BCUT2D eigenvalue weighted by atomic mass is 9.53. The van der Waals surface area contributed by atoms with Gasteiger partial charge in [0.2, 0.25) is 11.8 Å². The molecule has 5 aliphatic carbocycles. The van der Waals surface area contributed by atoms with Gasteiger partial charge in [-0.15, -0.1) is 0 Å². The Morgan fingerprint density at radius 1 is 0.925 bits per heavy atom. The van der Waals surface area contributed by atoms with Gasteiger partial charge in [-0.05, 0) is 97.6 Å². The summed E-state index contributed by atoms with van der Waals surface area (Å²) >= 11 is 0. The number of aromatic nitrogens is 1. The van der Waals surface area contributed by atoms with E-state index in [2.05, 4.69) is 67.5 Å². The standard InChI is InChI=1S/C35H43N3O2/c1-22-32(27-11-7-8-12-29(27)36-22)33-28(34(33,2)3)16-31(40)38(20-23-9-5-4-6-10-23)21-30(39)37-35-17-24-13-25(18-35)15-26(14-24)19-35/h4-12,24-26,28,33,36H,13-21H2,1-3H3,(H,37,39)/t24?,25?,26?,28-,33-,35?/m1/s1. The summed E-state index contributed by atoms with van der Waals surface area (Å²) in [6.07, 6.45) is 7.89. The molecule has 2 aromatic carbocycles. The van der Waals surface area contributed by atoms with Gasteiger partial charge in [0, 0.05) is 35.1 Å². The maximum Gasteiger partial charge on any atom is 0.240 e. The Morgan fingerprint density at radius 2 is 1.55 bits per heavy atom. The predicted octanol–water partition coefficient (Wildman–Crippen LogP) is 6.72. The van der Waals surface area contributed by atoms with Gasteiger partial charge in [-0.3, -0.25) is 9.59 Å². The monoisotopic (exact) mass is 537 g/mol. The lowest BCUT2D eigenvalue weighted by molar-refractivity contribution is -0.139. The molecule has 5 saturated carbocycles. The molecule has 5 nitrogen and oxygen atoms in total. The number of benzene rings is 2. The number of carbonyl (C=O) groups is 2. The molecule has 1 aromatic heterocycles. The average Bonchev–Trinajstić information content (AvgIpc) is 3.24. The highest BCUT2D eigenvalue weighted by atomic mass is 16.2. The van der Waals surface area contributed by atoms with Gasteiger partial charge in [0.1, 0.15) is 0 Å². The normalized spacial score (nSPS) is 31.3. The van der Waals surface area contributed by atoms with Crippen LogP contribution >= 0.6 is 0 Å². The Hall–Kier alpha value is -3.08. The zero-order chi connectivity index (χ0) is 27.6. The molecule has 2 atom stereocenters. The number of H-pyrrole nitrogens is 1. The number of hydrogen-bond donors (Lipinski definition) is 2. The van der Waals surface area contributed by atoms with Gasteiger partial charge in [0.25, 0.3) is 0 Å². The van der Waals surface area contributed by atoms with Crippen LogP contribution in [-0.4, -0.2) is 33.8 Å². The number of para-hydroxylation sites is 1. The van der Waals surface area contributed by atoms with E-state index < -0.39 is 0 Å². The van der Waals surface area contributed by atoms with Crippen LogP contribution in [-0.2, 0) is 16.1 Å². The molecule has 5 heteroatoms. The van der Waals surface area contributed by atoms with Crippen molar-refractivity contribution in [3.8, 4) is 0 Å². The fraction of sp³-hybridized carbons (Fsp3) is 0.543. The van der Waals surface area contributed by atoms with E-state index in [0.717, 1.165) is 48.1 Å². The molecule has 5 aliphatic rings. The first-order valence-corrected chi connectivity index (χ1v) is 15.4. The van der Waals surface area contributed by atoms with E-state index >= 15 is 0 Å². The first kappa shape index (κ1) is 25.9. The van der Waals surface area contributed by atoms with Crippen LogP contribution in [0.1, 0.15) is 81.5 Å². The van der Waals surface area contributed by atoms with Gasteiger partial charge >= 0.3 is 0 Å². The predicted molar refractivity (Wildman–Crippen MR) is 159 cm³/mol. The van der Waals surface area contributed by atoms with Gasteiger partial charge in [0.05, 0.1) is 6.54 Å². The molecule has 0 aliphatic heterocycles. The zero-order valence-corrected chi connectivity index (χ0v) is 24.2. The minimum Gasteiger partial charge on any atom is -0.358 e. The Labute approximate surface area is 238 Å². The highest BCUT2D eigenvalue weighted by molar-refractivity contribution is 5.88. The molecular formula is C35H43N3O2. The first-order valence-electron chi connectivity index (χ1n) is 15.4. The van der Waals surface area contributed by atoms with Crippen molar-refractivity contribution in [1.82, 2.24) is 15.2 Å². The summed E-state index contributed by atoms with van der Waals surface area (Å²) in [5.74, 6) is 3.00. The quantitative estimate of drug-likeness (QED) is 0.335. The average molecular weight is 538 g/mol. The zero-order valence-electron chi connectivity index (χ0n) is 24.2. The summed E-state index contributed by atoms with van der Waals surface area (Å²) < 4.78 is 0. The lowest BCUT2D eigenvalue weighted by Crippen LogP contribution is -2.61. The minimum absolute atomic E-state index is 0.0188. The van der Waals surface area contributed by atoms with Crippen molar-refractivity contribution in [1.29, 1.82) is 0 Å². The van der Waals surface area contributed by atoms with Crippen LogP contribution in [0.4, 0.5) is 0 Å². The molecule has 8 rings (SSSR count). The van der Waals surface area contributed by atoms with Crippen molar-refractivity contribution < 1.29 is 9.59 Å². The van der Waals surface area contributed by atoms with E-state index in [4.69, 9.17) is 0 Å². The van der Waals surface area contributed by atoms with Crippen molar-refractivity contribution in [3.63, 3.8) is 0 Å². The molecule has 3 aromatic rings. The molecule has 40 heavy (non-hydrogen) atoms. The Bertz CT molecular complexity index is 1400. The molecule has 0 spiro atoms. The fourth-order valence-corrected chi connectivity index (χ4v) is 9.52. The third-order valence-corrected chi connectivity index (χ3v) is 11.0. The molecule has 5 fully saturated rings. The summed E-state index contributed by atoms with van der Waals surface area (Å²) in [6.45, 7) is 7.34. The SMILES string of the molecule is Cc1[nH]c2ccccc2c1[C@H]1[C@@H](CC(=O)N(CC(=O)NC23CC4CC(CC(C4)C2)C3)Cc2ccccc2)C1(C)C. The van der Waals surface area contributed by atoms with E-state index in [9.17, 15) is 9.59 Å². The van der Waals surface area contributed by atoms with Crippen LogP contribution in [0.2, 0.25) is 0 Å². The largest absolute Gasteiger partial charge is 0.358 e. The fourth-order valence-electron chi connectivity index (χ4n) is 9.52. The highest BCUT2D eigenvalue weighted by Crippen LogP contribution is 2.67. The molecular weight excluding hydrogens is 494 g/mol. The van der Waals surface area contributed by atoms with E-state index in [0.29, 0.717) is 18.9 Å². The number of hydrogen-bond acceptors (Lipinski definition) is 2. The van der Waals surface area contributed by atoms with E-state index in [1.54, 1.807) is 0 Å². The van der Waals surface area contributed by atoms with Crippen LogP contribution in [0, 0.1) is 36.0 Å². The summed E-state index contributed by atoms with van der Waals surface area (Å²) in [7, 11) is 0. The maximum atomic E-state index is 14.0. The molecule has 2 amide bonds. The van der Waals surface area contributed by atoms with Crippen molar-refractivity contribution in [2.45, 2.75) is 83.7 Å². The third kappa shape index (κ3) is 4.55. The summed E-state index contributed by atoms with van der Waals surface area (Å²) in [4.78, 5) is 33.0. The van der Waals surface area contributed by atoms with Gasteiger partial charge < -0.3 is 15.2 Å². The molecule has 210 valence electrons. The minimum atomic E-state index is -0.0380. The second-order valence-electron chi connectivity index (χ2n) is 14.3. The second kappa shape index (κ2) is 9.49. The molecule has 4 bridgehead atoms. The van der Waals surface area contributed by atoms with Gasteiger partial charge in [-0.1, -0.05) is 62.4 Å². The number of carbonyl (C=O) groups excluding carboxylic acids is 2.